The zero-order valence-electron chi connectivity index (χ0n) is 21.2. The summed E-state index contributed by atoms with van der Waals surface area (Å²) < 4.78 is 93.3. The van der Waals surface area contributed by atoms with E-state index in [0.717, 1.165) is 41.2 Å². The Bertz CT molecular complexity index is 1350. The van der Waals surface area contributed by atoms with Crippen LogP contribution in [0.3, 0.4) is 0 Å². The Morgan fingerprint density at radius 2 is 1.51 bits per heavy atom. The molecule has 3 aromatic rings. The van der Waals surface area contributed by atoms with Crippen LogP contribution in [-0.4, -0.2) is 30.7 Å². The molecule has 0 saturated carbocycles. The number of benzene rings is 3. The molecule has 0 radical (unpaired) electrons. The molecule has 1 fully saturated rings. The number of alkyl halides is 6. The van der Waals surface area contributed by atoms with E-state index in [9.17, 15) is 30.7 Å². The Hall–Kier alpha value is -3.13. The average Bonchev–Trinajstić information content (AvgIpc) is 3.04. The molecule has 2 aliphatic rings. The highest BCUT2D eigenvalue weighted by Crippen LogP contribution is 2.44. The summed E-state index contributed by atoms with van der Waals surface area (Å²) in [6.07, 6.45) is -7.15. The smallest absolute Gasteiger partial charge is 0.302 e. The Balaban J connectivity index is 1.46. The van der Waals surface area contributed by atoms with Crippen molar-refractivity contribution in [2.45, 2.75) is 44.5 Å². The Morgan fingerprint density at radius 1 is 0.795 bits per heavy atom. The van der Waals surface area contributed by atoms with Crippen molar-refractivity contribution in [1.29, 1.82) is 0 Å². The lowest BCUT2D eigenvalue weighted by atomic mass is 9.85. The molecule has 206 valence electrons. The number of hydrogen-bond acceptors (Lipinski definition) is 1. The highest BCUT2D eigenvalue weighted by Gasteiger charge is 2.36. The van der Waals surface area contributed by atoms with Gasteiger partial charge in [-0.3, -0.25) is 0 Å². The molecule has 1 saturated heterocycles. The summed E-state index contributed by atoms with van der Waals surface area (Å²) in [6, 6.07) is 18.3. The van der Waals surface area contributed by atoms with Gasteiger partial charge in [-0.15, -0.1) is 0 Å². The first kappa shape index (κ1) is 27.4. The van der Waals surface area contributed by atoms with Crippen LogP contribution in [0.4, 0.5) is 30.7 Å². The average molecular weight is 548 g/mol. The standard InChI is InChI=1S/C31H28F7N/c32-24-12-13-26(28(17-24)31(36,37)38)27-7-3-5-22-4-1-2-6-25(22)29(27)23-10-8-20(9-11-23)16-21-18-39(19-21)15-14-30(33,34)35/h1-2,4,6,8-13,17,21H,3,5,7,14-16,18-19H2. The van der Waals surface area contributed by atoms with Crippen LogP contribution in [0.2, 0.25) is 0 Å². The molecule has 0 bridgehead atoms. The van der Waals surface area contributed by atoms with Crippen molar-refractivity contribution in [3.05, 3.63) is 106 Å². The first-order valence-electron chi connectivity index (χ1n) is 13.0. The van der Waals surface area contributed by atoms with Crippen LogP contribution in [0.5, 0.6) is 0 Å². The van der Waals surface area contributed by atoms with E-state index >= 15 is 0 Å². The van der Waals surface area contributed by atoms with Crippen molar-refractivity contribution in [1.82, 2.24) is 4.90 Å². The van der Waals surface area contributed by atoms with Crippen molar-refractivity contribution in [3.63, 3.8) is 0 Å². The largest absolute Gasteiger partial charge is 0.417 e. The number of aryl methyl sites for hydroxylation is 1. The molecular formula is C31H28F7N. The fourth-order valence-electron chi connectivity index (χ4n) is 5.75. The van der Waals surface area contributed by atoms with Gasteiger partial charge in [0.15, 0.2) is 0 Å². The van der Waals surface area contributed by atoms with Crippen molar-refractivity contribution in [2.75, 3.05) is 19.6 Å². The van der Waals surface area contributed by atoms with E-state index in [1.165, 1.54) is 6.07 Å². The molecule has 0 atom stereocenters. The lowest BCUT2D eigenvalue weighted by Crippen LogP contribution is -2.48. The molecule has 39 heavy (non-hydrogen) atoms. The van der Waals surface area contributed by atoms with Crippen LogP contribution in [0.1, 0.15) is 52.6 Å². The first-order chi connectivity index (χ1) is 18.5. The maximum Gasteiger partial charge on any atom is 0.417 e. The van der Waals surface area contributed by atoms with E-state index in [0.29, 0.717) is 43.1 Å². The molecule has 0 spiro atoms. The third kappa shape index (κ3) is 6.38. The second-order valence-electron chi connectivity index (χ2n) is 10.4. The van der Waals surface area contributed by atoms with Gasteiger partial charge in [0.2, 0.25) is 0 Å². The van der Waals surface area contributed by atoms with Gasteiger partial charge in [-0.25, -0.2) is 4.39 Å². The Kier molecular flexibility index (Phi) is 7.60. The molecule has 8 heteroatoms. The molecule has 0 amide bonds. The fraction of sp³-hybridized carbons (Fsp3) is 0.355. The van der Waals surface area contributed by atoms with Crippen LogP contribution >= 0.6 is 0 Å². The Morgan fingerprint density at radius 3 is 2.21 bits per heavy atom. The van der Waals surface area contributed by atoms with Gasteiger partial charge >= 0.3 is 12.4 Å². The van der Waals surface area contributed by atoms with Crippen molar-refractivity contribution < 1.29 is 30.7 Å². The van der Waals surface area contributed by atoms with E-state index < -0.39 is 30.2 Å². The molecular weight excluding hydrogens is 519 g/mol. The predicted octanol–water partition coefficient (Wildman–Crippen LogP) is 8.57. The van der Waals surface area contributed by atoms with E-state index in [2.05, 4.69) is 0 Å². The quantitative estimate of drug-likeness (QED) is 0.280. The molecule has 1 nitrogen and oxygen atoms in total. The summed E-state index contributed by atoms with van der Waals surface area (Å²) in [7, 11) is 0. The summed E-state index contributed by atoms with van der Waals surface area (Å²) >= 11 is 0. The SMILES string of the molecule is Fc1ccc(C2=C(c3ccc(CC4CN(CCC(F)(F)F)C4)cc3)c3ccccc3CCC2)c(C(F)(F)F)c1. The zero-order valence-corrected chi connectivity index (χ0v) is 21.2. The maximum absolute atomic E-state index is 14.0. The fourth-order valence-corrected chi connectivity index (χ4v) is 5.75. The monoisotopic (exact) mass is 547 g/mol. The number of halogens is 7. The third-order valence-electron chi connectivity index (χ3n) is 7.58. The van der Waals surface area contributed by atoms with Crippen LogP contribution in [0.15, 0.2) is 66.7 Å². The van der Waals surface area contributed by atoms with Gasteiger partial charge < -0.3 is 4.90 Å². The summed E-state index contributed by atoms with van der Waals surface area (Å²) in [5, 5.41) is 0. The van der Waals surface area contributed by atoms with Crippen molar-refractivity contribution in [2.24, 2.45) is 5.92 Å². The normalized spacial score (nSPS) is 17.1. The van der Waals surface area contributed by atoms with Crippen LogP contribution < -0.4 is 0 Å². The third-order valence-corrected chi connectivity index (χ3v) is 7.58. The summed E-state index contributed by atoms with van der Waals surface area (Å²) in [5.74, 6) is -0.661. The minimum atomic E-state index is -4.71. The number of nitrogens with zero attached hydrogens (tertiary/aromatic N) is 1. The maximum atomic E-state index is 14.0. The van der Waals surface area contributed by atoms with E-state index in [1.54, 1.807) is 4.90 Å². The minimum Gasteiger partial charge on any atom is -0.302 e. The predicted molar refractivity (Wildman–Crippen MR) is 137 cm³/mol. The highest BCUT2D eigenvalue weighted by atomic mass is 19.4. The lowest BCUT2D eigenvalue weighted by molar-refractivity contribution is -0.141. The van der Waals surface area contributed by atoms with Crippen molar-refractivity contribution in [3.8, 4) is 0 Å². The topological polar surface area (TPSA) is 3.24 Å². The van der Waals surface area contributed by atoms with Gasteiger partial charge in [0, 0.05) is 19.6 Å². The number of allylic oxidation sites excluding steroid dienone is 1. The zero-order chi connectivity index (χ0) is 27.8. The van der Waals surface area contributed by atoms with Gasteiger partial charge in [0.25, 0.3) is 0 Å². The number of likely N-dealkylation sites (tertiary alicyclic amines) is 1. The van der Waals surface area contributed by atoms with Crippen LogP contribution in [-0.2, 0) is 19.0 Å². The summed E-state index contributed by atoms with van der Waals surface area (Å²) in [6.45, 7) is 1.25. The van der Waals surface area contributed by atoms with Crippen LogP contribution in [0.25, 0.3) is 11.1 Å². The molecule has 1 aliphatic heterocycles. The summed E-state index contributed by atoms with van der Waals surface area (Å²) in [5.41, 5.74) is 4.00. The van der Waals surface area contributed by atoms with Gasteiger partial charge in [0.05, 0.1) is 12.0 Å². The van der Waals surface area contributed by atoms with Gasteiger partial charge in [-0.05, 0) is 82.7 Å². The molecule has 0 N–H and O–H groups in total. The minimum absolute atomic E-state index is 0.00639. The van der Waals surface area contributed by atoms with Gasteiger partial charge in [-0.2, -0.15) is 26.3 Å². The molecule has 0 aromatic heterocycles. The molecule has 5 rings (SSSR count). The van der Waals surface area contributed by atoms with Crippen LogP contribution in [0, 0.1) is 11.7 Å². The number of fused-ring (bicyclic) bond motifs is 1. The second kappa shape index (κ2) is 10.8. The van der Waals surface area contributed by atoms with E-state index in [1.807, 2.05) is 48.5 Å². The molecule has 0 unspecified atom stereocenters. The molecule has 1 heterocycles. The van der Waals surface area contributed by atoms with Crippen molar-refractivity contribution >= 4 is 11.1 Å². The first-order valence-corrected chi connectivity index (χ1v) is 13.0. The lowest BCUT2D eigenvalue weighted by Gasteiger charge is -2.39. The number of hydrogen-bond donors (Lipinski definition) is 0. The highest BCUT2D eigenvalue weighted by molar-refractivity contribution is 6.00. The molecule has 3 aromatic carbocycles. The van der Waals surface area contributed by atoms with E-state index in [4.69, 9.17) is 0 Å². The Labute approximate surface area is 223 Å². The molecule has 1 aliphatic carbocycles. The number of rotatable bonds is 6. The summed E-state index contributed by atoms with van der Waals surface area (Å²) in [4.78, 5) is 1.80. The second-order valence-corrected chi connectivity index (χ2v) is 10.4. The van der Waals surface area contributed by atoms with Gasteiger partial charge in [-0.1, -0.05) is 54.6 Å². The van der Waals surface area contributed by atoms with E-state index in [-0.39, 0.29) is 18.0 Å². The van der Waals surface area contributed by atoms with Gasteiger partial charge in [0.1, 0.15) is 5.82 Å².